The Balaban J connectivity index is -0.0000000270. The van der Waals surface area contributed by atoms with Crippen LogP contribution in [-0.4, -0.2) is 35.1 Å². The summed E-state index contributed by atoms with van der Waals surface area (Å²) in [5, 5.41) is 23.6. The summed E-state index contributed by atoms with van der Waals surface area (Å²) in [6.07, 6.45) is 2.62. The standard InChI is InChI=1S/3C3H8O.ClH.V/c3*1-2-3-4;;/h3*4H,2-3H2,1H3;1H;. The zero-order valence-electron chi connectivity index (χ0n) is 9.44. The second-order valence-electron chi connectivity index (χ2n) is 2.17. The van der Waals surface area contributed by atoms with Gasteiger partial charge in [-0.2, -0.15) is 0 Å². The molecule has 0 aromatic heterocycles. The molecule has 0 heterocycles. The maximum atomic E-state index is 7.88. The molecule has 0 rings (SSSR count). The van der Waals surface area contributed by atoms with Gasteiger partial charge in [-0.25, -0.2) is 0 Å². The third kappa shape index (κ3) is 125. The number of halogens is 1. The normalized spacial score (nSPS) is 6.43. The van der Waals surface area contributed by atoms with Crippen molar-refractivity contribution in [1.82, 2.24) is 0 Å². The molecule has 91 valence electrons. The van der Waals surface area contributed by atoms with E-state index in [2.05, 4.69) is 0 Å². The number of hydrogen-bond donors (Lipinski definition) is 3. The van der Waals surface area contributed by atoms with E-state index in [9.17, 15) is 0 Å². The molecular weight excluding hydrogens is 242 g/mol. The molecule has 0 aliphatic heterocycles. The van der Waals surface area contributed by atoms with Crippen LogP contribution in [0.4, 0.5) is 0 Å². The molecule has 0 aliphatic rings. The van der Waals surface area contributed by atoms with Gasteiger partial charge in [0.15, 0.2) is 0 Å². The molecule has 3 N–H and O–H groups in total. The van der Waals surface area contributed by atoms with Gasteiger partial charge in [0.2, 0.25) is 0 Å². The van der Waals surface area contributed by atoms with E-state index >= 15 is 0 Å². The average Bonchev–Trinajstić information content (AvgIpc) is 2.18. The van der Waals surface area contributed by atoms with Gasteiger partial charge in [-0.3, -0.25) is 0 Å². The maximum absolute atomic E-state index is 7.88. The monoisotopic (exact) mass is 267 g/mol. The fourth-order valence-corrected chi connectivity index (χ4v) is 0. The Morgan fingerprint density at radius 3 is 0.714 bits per heavy atom. The molecule has 0 aliphatic carbocycles. The van der Waals surface area contributed by atoms with E-state index in [0.29, 0.717) is 19.8 Å². The van der Waals surface area contributed by atoms with Gasteiger partial charge < -0.3 is 15.3 Å². The summed E-state index contributed by atoms with van der Waals surface area (Å²) in [7, 11) is 0. The van der Waals surface area contributed by atoms with E-state index in [0.717, 1.165) is 19.3 Å². The van der Waals surface area contributed by atoms with Gasteiger partial charge in [-0.1, -0.05) is 20.8 Å². The summed E-state index contributed by atoms with van der Waals surface area (Å²) in [5.41, 5.74) is 0. The van der Waals surface area contributed by atoms with Gasteiger partial charge in [-0.15, -0.1) is 12.4 Å². The zero-order valence-corrected chi connectivity index (χ0v) is 11.7. The van der Waals surface area contributed by atoms with Crippen LogP contribution in [0.15, 0.2) is 0 Å². The molecule has 0 bridgehead atoms. The van der Waals surface area contributed by atoms with Crippen molar-refractivity contribution in [3.63, 3.8) is 0 Å². The van der Waals surface area contributed by atoms with Crippen LogP contribution in [0.3, 0.4) is 0 Å². The van der Waals surface area contributed by atoms with Crippen molar-refractivity contribution in [3.05, 3.63) is 0 Å². The molecule has 0 fully saturated rings. The first-order valence-corrected chi connectivity index (χ1v) is 4.57. The summed E-state index contributed by atoms with van der Waals surface area (Å²) < 4.78 is 0. The van der Waals surface area contributed by atoms with Crippen LogP contribution in [0.1, 0.15) is 40.0 Å². The number of hydrogen-bond acceptors (Lipinski definition) is 3. The van der Waals surface area contributed by atoms with Crippen molar-refractivity contribution >= 4 is 12.4 Å². The largest absolute Gasteiger partial charge is 0.396 e. The van der Waals surface area contributed by atoms with Crippen molar-refractivity contribution in [2.24, 2.45) is 0 Å². The fourth-order valence-electron chi connectivity index (χ4n) is 0. The minimum Gasteiger partial charge on any atom is -0.396 e. The van der Waals surface area contributed by atoms with E-state index in [1.54, 1.807) is 0 Å². The van der Waals surface area contributed by atoms with Crippen LogP contribution in [0.2, 0.25) is 0 Å². The Morgan fingerprint density at radius 1 is 0.643 bits per heavy atom. The molecule has 0 unspecified atom stereocenters. The van der Waals surface area contributed by atoms with Crippen molar-refractivity contribution in [1.29, 1.82) is 0 Å². The Bertz CT molecular complexity index is 35.5. The van der Waals surface area contributed by atoms with E-state index in [4.69, 9.17) is 15.3 Å². The first kappa shape index (κ1) is 29.3. The van der Waals surface area contributed by atoms with Gasteiger partial charge in [0, 0.05) is 38.4 Å². The van der Waals surface area contributed by atoms with E-state index in [-0.39, 0.29) is 31.0 Å². The summed E-state index contributed by atoms with van der Waals surface area (Å²) in [5.74, 6) is 0. The van der Waals surface area contributed by atoms with Crippen LogP contribution in [-0.2, 0) is 18.6 Å². The molecule has 3 nitrogen and oxygen atoms in total. The SMILES string of the molecule is CCCO.CCCO.CCCO.Cl.[V]. The molecule has 0 saturated heterocycles. The zero-order chi connectivity index (χ0) is 10.2. The quantitative estimate of drug-likeness (QED) is 0.728. The van der Waals surface area contributed by atoms with Crippen molar-refractivity contribution in [2.75, 3.05) is 19.8 Å². The van der Waals surface area contributed by atoms with Gasteiger partial charge >= 0.3 is 0 Å². The first-order valence-electron chi connectivity index (χ1n) is 4.57. The van der Waals surface area contributed by atoms with Crippen LogP contribution in [0.5, 0.6) is 0 Å². The first-order chi connectivity index (χ1) is 5.74. The van der Waals surface area contributed by atoms with E-state index in [1.165, 1.54) is 0 Å². The van der Waals surface area contributed by atoms with Gasteiger partial charge in [0.05, 0.1) is 0 Å². The molecular formula is C9H25ClO3V. The molecule has 0 saturated carbocycles. The van der Waals surface area contributed by atoms with E-state index in [1.807, 2.05) is 20.8 Å². The summed E-state index contributed by atoms with van der Waals surface area (Å²) in [4.78, 5) is 0. The molecule has 0 atom stereocenters. The van der Waals surface area contributed by atoms with E-state index < -0.39 is 0 Å². The fraction of sp³-hybridized carbons (Fsp3) is 1.00. The maximum Gasteiger partial charge on any atom is 0.0428 e. The van der Waals surface area contributed by atoms with Crippen LogP contribution in [0.25, 0.3) is 0 Å². The number of aliphatic hydroxyl groups is 3. The van der Waals surface area contributed by atoms with Crippen LogP contribution < -0.4 is 0 Å². The van der Waals surface area contributed by atoms with Crippen LogP contribution >= 0.6 is 12.4 Å². The second kappa shape index (κ2) is 49.0. The Morgan fingerprint density at radius 2 is 0.714 bits per heavy atom. The Hall–Kier alpha value is 0.754. The Labute approximate surface area is 106 Å². The van der Waals surface area contributed by atoms with Gasteiger partial charge in [0.25, 0.3) is 0 Å². The molecule has 0 amide bonds. The molecule has 0 aromatic rings. The second-order valence-corrected chi connectivity index (χ2v) is 2.17. The third-order valence-corrected chi connectivity index (χ3v) is 0.671. The molecule has 5 heteroatoms. The predicted octanol–water partition coefficient (Wildman–Crippen LogP) is 1.59. The van der Waals surface area contributed by atoms with Gasteiger partial charge in [0.1, 0.15) is 0 Å². The summed E-state index contributed by atoms with van der Waals surface area (Å²) >= 11 is 0. The molecule has 0 aromatic carbocycles. The van der Waals surface area contributed by atoms with Crippen molar-refractivity contribution < 1.29 is 33.9 Å². The molecule has 14 heavy (non-hydrogen) atoms. The van der Waals surface area contributed by atoms with Crippen molar-refractivity contribution in [3.8, 4) is 0 Å². The minimum atomic E-state index is 0. The third-order valence-electron chi connectivity index (χ3n) is 0.671. The number of rotatable bonds is 3. The average molecular weight is 268 g/mol. The molecule has 1 radical (unpaired) electrons. The Kier molecular flexibility index (Phi) is 103. The molecule has 0 spiro atoms. The van der Waals surface area contributed by atoms with Gasteiger partial charge in [-0.05, 0) is 19.3 Å². The van der Waals surface area contributed by atoms with Crippen LogP contribution in [0, 0.1) is 0 Å². The minimum absolute atomic E-state index is 0. The number of aliphatic hydroxyl groups excluding tert-OH is 3. The topological polar surface area (TPSA) is 60.7 Å². The predicted molar refractivity (Wildman–Crippen MR) is 59.4 cm³/mol. The summed E-state index contributed by atoms with van der Waals surface area (Å²) in [6.45, 7) is 6.75. The van der Waals surface area contributed by atoms with Crippen molar-refractivity contribution in [2.45, 2.75) is 40.0 Å². The smallest absolute Gasteiger partial charge is 0.0428 e. The summed E-state index contributed by atoms with van der Waals surface area (Å²) in [6, 6.07) is 0.